The number of aromatic nitrogens is 2. The standard InChI is InChI=1S/C15H21N3O/c1-16-14(8-7-12-5-4-10-19-12)13-11-17-18-9-3-2-6-15(13)18/h2-3,6,9,11-12,14,16H,4-5,7-8,10H2,1H3. The van der Waals surface area contributed by atoms with Crippen LogP contribution in [0.4, 0.5) is 0 Å². The zero-order valence-electron chi connectivity index (χ0n) is 11.4. The molecule has 1 aliphatic heterocycles. The van der Waals surface area contributed by atoms with Gasteiger partial charge in [-0.05, 0) is 44.9 Å². The van der Waals surface area contributed by atoms with E-state index in [1.807, 2.05) is 30.0 Å². The molecule has 0 aliphatic carbocycles. The lowest BCUT2D eigenvalue weighted by Gasteiger charge is -2.17. The van der Waals surface area contributed by atoms with E-state index in [1.165, 1.54) is 23.9 Å². The van der Waals surface area contributed by atoms with Gasteiger partial charge in [-0.15, -0.1) is 0 Å². The maximum absolute atomic E-state index is 5.70. The summed E-state index contributed by atoms with van der Waals surface area (Å²) in [5, 5.41) is 7.82. The molecule has 0 bridgehead atoms. The molecule has 3 rings (SSSR count). The Balaban J connectivity index is 1.73. The zero-order chi connectivity index (χ0) is 13.1. The van der Waals surface area contributed by atoms with Crippen LogP contribution < -0.4 is 5.32 Å². The molecule has 0 amide bonds. The minimum Gasteiger partial charge on any atom is -0.378 e. The first kappa shape index (κ1) is 12.6. The smallest absolute Gasteiger partial charge is 0.0709 e. The fourth-order valence-corrected chi connectivity index (χ4v) is 2.90. The van der Waals surface area contributed by atoms with Crippen LogP contribution in [0.5, 0.6) is 0 Å². The van der Waals surface area contributed by atoms with E-state index in [2.05, 4.69) is 22.5 Å². The number of nitrogens with zero attached hydrogens (tertiary/aromatic N) is 2. The topological polar surface area (TPSA) is 38.6 Å². The van der Waals surface area contributed by atoms with E-state index in [9.17, 15) is 0 Å². The van der Waals surface area contributed by atoms with Crippen LogP contribution in [0.2, 0.25) is 0 Å². The van der Waals surface area contributed by atoms with Gasteiger partial charge in [0.2, 0.25) is 0 Å². The third-order valence-corrected chi connectivity index (χ3v) is 3.98. The van der Waals surface area contributed by atoms with Gasteiger partial charge in [-0.3, -0.25) is 0 Å². The number of fused-ring (bicyclic) bond motifs is 1. The van der Waals surface area contributed by atoms with Crippen LogP contribution in [-0.2, 0) is 4.74 Å². The van der Waals surface area contributed by atoms with E-state index in [-0.39, 0.29) is 0 Å². The molecule has 2 aromatic rings. The monoisotopic (exact) mass is 259 g/mol. The second-order valence-corrected chi connectivity index (χ2v) is 5.18. The van der Waals surface area contributed by atoms with Gasteiger partial charge in [0.25, 0.3) is 0 Å². The zero-order valence-corrected chi connectivity index (χ0v) is 11.4. The summed E-state index contributed by atoms with van der Waals surface area (Å²) in [6.07, 6.45) is 9.07. The fraction of sp³-hybridized carbons (Fsp3) is 0.533. The molecule has 4 nitrogen and oxygen atoms in total. The second-order valence-electron chi connectivity index (χ2n) is 5.18. The van der Waals surface area contributed by atoms with Gasteiger partial charge in [0.15, 0.2) is 0 Å². The third-order valence-electron chi connectivity index (χ3n) is 3.98. The first-order valence-electron chi connectivity index (χ1n) is 7.09. The molecule has 19 heavy (non-hydrogen) atoms. The van der Waals surface area contributed by atoms with Crippen LogP contribution in [0, 0.1) is 0 Å². The highest BCUT2D eigenvalue weighted by Gasteiger charge is 2.19. The van der Waals surface area contributed by atoms with E-state index in [1.54, 1.807) is 0 Å². The Morgan fingerprint density at radius 3 is 3.26 bits per heavy atom. The van der Waals surface area contributed by atoms with E-state index >= 15 is 0 Å². The van der Waals surface area contributed by atoms with E-state index < -0.39 is 0 Å². The highest BCUT2D eigenvalue weighted by atomic mass is 16.5. The molecule has 2 aromatic heterocycles. The Kier molecular flexibility index (Phi) is 3.80. The molecule has 0 aromatic carbocycles. The van der Waals surface area contributed by atoms with Crippen LogP contribution >= 0.6 is 0 Å². The molecule has 4 heteroatoms. The van der Waals surface area contributed by atoms with Gasteiger partial charge in [0, 0.05) is 24.4 Å². The van der Waals surface area contributed by atoms with Crippen molar-refractivity contribution in [3.05, 3.63) is 36.2 Å². The van der Waals surface area contributed by atoms with Crippen molar-refractivity contribution in [2.24, 2.45) is 0 Å². The van der Waals surface area contributed by atoms with E-state index in [0.29, 0.717) is 12.1 Å². The Morgan fingerprint density at radius 2 is 2.47 bits per heavy atom. The van der Waals surface area contributed by atoms with Gasteiger partial charge in [-0.25, -0.2) is 4.52 Å². The minimum absolute atomic E-state index is 0.351. The molecule has 1 saturated heterocycles. The molecule has 1 N–H and O–H groups in total. The molecule has 0 radical (unpaired) electrons. The molecule has 3 heterocycles. The van der Waals surface area contributed by atoms with Gasteiger partial charge in [-0.1, -0.05) is 6.07 Å². The Labute approximate surface area is 113 Å². The van der Waals surface area contributed by atoms with Crippen LogP contribution in [-0.4, -0.2) is 29.4 Å². The van der Waals surface area contributed by atoms with Crippen LogP contribution in [0.3, 0.4) is 0 Å². The fourth-order valence-electron chi connectivity index (χ4n) is 2.90. The van der Waals surface area contributed by atoms with Crippen LogP contribution in [0.15, 0.2) is 30.6 Å². The molecule has 1 aliphatic rings. The summed E-state index contributed by atoms with van der Waals surface area (Å²) >= 11 is 0. The highest BCUT2D eigenvalue weighted by Crippen LogP contribution is 2.26. The molecule has 102 valence electrons. The molecule has 0 spiro atoms. The lowest BCUT2D eigenvalue weighted by atomic mass is 10.0. The van der Waals surface area contributed by atoms with Gasteiger partial charge < -0.3 is 10.1 Å². The summed E-state index contributed by atoms with van der Waals surface area (Å²) in [6.45, 7) is 0.936. The van der Waals surface area contributed by atoms with Crippen molar-refractivity contribution in [2.75, 3.05) is 13.7 Å². The normalized spacial score (nSPS) is 21.0. The van der Waals surface area contributed by atoms with Crippen molar-refractivity contribution in [3.63, 3.8) is 0 Å². The van der Waals surface area contributed by atoms with Crippen molar-refractivity contribution in [1.29, 1.82) is 0 Å². The Morgan fingerprint density at radius 1 is 1.53 bits per heavy atom. The number of hydrogen-bond donors (Lipinski definition) is 1. The minimum atomic E-state index is 0.351. The van der Waals surface area contributed by atoms with Crippen molar-refractivity contribution in [3.8, 4) is 0 Å². The lowest BCUT2D eigenvalue weighted by molar-refractivity contribution is 0.0999. The Bertz CT molecular complexity index is 531. The highest BCUT2D eigenvalue weighted by molar-refractivity contribution is 5.54. The number of nitrogens with one attached hydrogen (secondary N) is 1. The van der Waals surface area contributed by atoms with Crippen molar-refractivity contribution >= 4 is 5.52 Å². The summed E-state index contributed by atoms with van der Waals surface area (Å²) in [5.74, 6) is 0. The molecule has 1 fully saturated rings. The predicted octanol–water partition coefficient (Wildman–Crippen LogP) is 2.55. The summed E-state index contributed by atoms with van der Waals surface area (Å²) in [5.41, 5.74) is 2.47. The van der Waals surface area contributed by atoms with Crippen molar-refractivity contribution < 1.29 is 4.74 Å². The average molecular weight is 259 g/mol. The third kappa shape index (κ3) is 2.65. The van der Waals surface area contributed by atoms with Gasteiger partial charge in [0.1, 0.15) is 0 Å². The van der Waals surface area contributed by atoms with Crippen LogP contribution in [0.1, 0.15) is 37.3 Å². The summed E-state index contributed by atoms with van der Waals surface area (Å²) in [6, 6.07) is 6.54. The molecular formula is C15H21N3O. The largest absolute Gasteiger partial charge is 0.378 e. The summed E-state index contributed by atoms with van der Waals surface area (Å²) in [4.78, 5) is 0. The van der Waals surface area contributed by atoms with Crippen LogP contribution in [0.25, 0.3) is 5.52 Å². The van der Waals surface area contributed by atoms with Gasteiger partial charge in [-0.2, -0.15) is 5.10 Å². The van der Waals surface area contributed by atoms with Gasteiger partial charge >= 0.3 is 0 Å². The molecule has 2 atom stereocenters. The number of pyridine rings is 1. The quantitative estimate of drug-likeness (QED) is 0.897. The second kappa shape index (κ2) is 5.72. The lowest BCUT2D eigenvalue weighted by Crippen LogP contribution is -2.18. The van der Waals surface area contributed by atoms with Gasteiger partial charge in [0.05, 0.1) is 17.8 Å². The maximum atomic E-state index is 5.70. The maximum Gasteiger partial charge on any atom is 0.0709 e. The summed E-state index contributed by atoms with van der Waals surface area (Å²) < 4.78 is 7.64. The SMILES string of the molecule is CNC(CCC1CCCO1)c1cnn2ccccc12. The number of rotatable bonds is 5. The number of hydrogen-bond acceptors (Lipinski definition) is 3. The first-order valence-corrected chi connectivity index (χ1v) is 7.09. The predicted molar refractivity (Wildman–Crippen MR) is 75.2 cm³/mol. The summed E-state index contributed by atoms with van der Waals surface area (Å²) in [7, 11) is 2.02. The average Bonchev–Trinajstić information content (AvgIpc) is 3.09. The first-order chi connectivity index (χ1) is 9.38. The van der Waals surface area contributed by atoms with Crippen molar-refractivity contribution in [1.82, 2.24) is 14.9 Å². The van der Waals surface area contributed by atoms with E-state index in [4.69, 9.17) is 4.74 Å². The molecule has 0 saturated carbocycles. The Hall–Kier alpha value is -1.39. The molecular weight excluding hydrogens is 238 g/mol. The number of ether oxygens (including phenoxy) is 1. The van der Waals surface area contributed by atoms with E-state index in [0.717, 1.165) is 19.4 Å². The molecule has 2 unspecified atom stereocenters. The van der Waals surface area contributed by atoms with Crippen molar-refractivity contribution in [2.45, 2.75) is 37.8 Å².